The van der Waals surface area contributed by atoms with Gasteiger partial charge in [0.2, 0.25) is 0 Å². The molecule has 0 N–H and O–H groups in total. The van der Waals surface area contributed by atoms with Gasteiger partial charge in [0.1, 0.15) is 5.82 Å². The van der Waals surface area contributed by atoms with E-state index in [0.717, 1.165) is 22.3 Å². The average Bonchev–Trinajstić information content (AvgIpc) is 2.72. The topological polar surface area (TPSA) is 26.3 Å². The fourth-order valence-corrected chi connectivity index (χ4v) is 2.60. The molecule has 0 bridgehead atoms. The molecule has 2 nitrogen and oxygen atoms in total. The van der Waals surface area contributed by atoms with Crippen molar-refractivity contribution in [3.63, 3.8) is 0 Å². The normalized spacial score (nSPS) is 10.3. The molecule has 27 heavy (non-hydrogen) atoms. The van der Waals surface area contributed by atoms with Crippen molar-refractivity contribution in [1.29, 1.82) is 0 Å². The van der Waals surface area contributed by atoms with Crippen molar-refractivity contribution >= 4 is 12.0 Å². The van der Waals surface area contributed by atoms with E-state index in [4.69, 9.17) is 0 Å². The molecule has 0 saturated carbocycles. The van der Waals surface area contributed by atoms with E-state index in [-0.39, 0.29) is 11.8 Å². The number of benzene rings is 3. The summed E-state index contributed by atoms with van der Waals surface area (Å²) in [4.78, 5) is 11.4. The Morgan fingerprint density at radius 3 is 2.37 bits per heavy atom. The molecule has 3 rings (SSSR count). The Bertz CT molecular complexity index is 1020. The molecular formula is C24H17FO2. The molecule has 0 aliphatic heterocycles. The molecular weight excluding hydrogens is 339 g/mol. The van der Waals surface area contributed by atoms with Crippen molar-refractivity contribution in [3.8, 4) is 23.0 Å². The second kappa shape index (κ2) is 8.64. The van der Waals surface area contributed by atoms with Crippen LogP contribution in [0.25, 0.3) is 17.2 Å². The third-order valence-electron chi connectivity index (χ3n) is 3.98. The predicted octanol–water partition coefficient (Wildman–Crippen LogP) is 5.34. The minimum absolute atomic E-state index is 0.254. The highest BCUT2D eigenvalue weighted by atomic mass is 19.1. The smallest absolute Gasteiger partial charge is 0.337 e. The van der Waals surface area contributed by atoms with Gasteiger partial charge in [-0.05, 0) is 65.2 Å². The van der Waals surface area contributed by atoms with E-state index in [2.05, 4.69) is 16.6 Å². The summed E-state index contributed by atoms with van der Waals surface area (Å²) in [5.41, 5.74) is 4.26. The molecule has 0 spiro atoms. The lowest BCUT2D eigenvalue weighted by molar-refractivity contribution is 0.0600. The second-order valence-electron chi connectivity index (χ2n) is 5.77. The van der Waals surface area contributed by atoms with Crippen molar-refractivity contribution in [3.05, 3.63) is 101 Å². The first-order chi connectivity index (χ1) is 13.2. The molecule has 0 saturated heterocycles. The van der Waals surface area contributed by atoms with E-state index in [0.29, 0.717) is 5.56 Å². The monoisotopic (exact) mass is 356 g/mol. The van der Waals surface area contributed by atoms with Crippen molar-refractivity contribution in [1.82, 2.24) is 0 Å². The van der Waals surface area contributed by atoms with E-state index in [1.54, 1.807) is 42.5 Å². The van der Waals surface area contributed by atoms with Crippen LogP contribution in [0.4, 0.5) is 4.39 Å². The average molecular weight is 356 g/mol. The van der Waals surface area contributed by atoms with Gasteiger partial charge in [0.25, 0.3) is 0 Å². The van der Waals surface area contributed by atoms with Gasteiger partial charge in [-0.2, -0.15) is 0 Å². The maximum absolute atomic E-state index is 13.1. The molecule has 3 aromatic carbocycles. The molecule has 0 unspecified atom stereocenters. The molecule has 0 aromatic heterocycles. The summed E-state index contributed by atoms with van der Waals surface area (Å²) in [7, 11) is 1.35. The van der Waals surface area contributed by atoms with Crippen LogP contribution in [-0.2, 0) is 4.74 Å². The lowest BCUT2D eigenvalue weighted by atomic mass is 9.99. The lowest BCUT2D eigenvalue weighted by Crippen LogP contribution is -2.00. The molecule has 0 heterocycles. The molecule has 0 atom stereocenters. The van der Waals surface area contributed by atoms with Crippen molar-refractivity contribution in [2.45, 2.75) is 0 Å². The molecule has 0 radical (unpaired) electrons. The summed E-state index contributed by atoms with van der Waals surface area (Å²) in [6.07, 6.45) is 3.70. The standard InChI is InChI=1S/C24H17FO2/c1-27-24(26)21-12-10-18(11-13-21)6-2-3-7-19-8-4-5-9-23(19)20-14-16-22(25)17-15-20/h3-5,7-17H,1H3/b7-3+. The first-order valence-electron chi connectivity index (χ1n) is 8.39. The first kappa shape index (κ1) is 18.2. The van der Waals surface area contributed by atoms with Crippen LogP contribution in [-0.4, -0.2) is 13.1 Å². The Kier molecular flexibility index (Phi) is 5.81. The molecule has 0 aliphatic carbocycles. The molecule has 0 amide bonds. The summed E-state index contributed by atoms with van der Waals surface area (Å²) < 4.78 is 17.8. The Hall–Kier alpha value is -3.64. The Morgan fingerprint density at radius 1 is 0.963 bits per heavy atom. The van der Waals surface area contributed by atoms with Crippen LogP contribution < -0.4 is 0 Å². The minimum atomic E-state index is -0.369. The number of ether oxygens (including phenoxy) is 1. The zero-order chi connectivity index (χ0) is 19.1. The maximum Gasteiger partial charge on any atom is 0.337 e. The third kappa shape index (κ3) is 4.71. The van der Waals surface area contributed by atoms with Gasteiger partial charge >= 0.3 is 5.97 Å². The molecule has 3 aromatic rings. The van der Waals surface area contributed by atoms with E-state index < -0.39 is 0 Å². The number of halogens is 1. The first-order valence-corrected chi connectivity index (χ1v) is 8.39. The molecule has 132 valence electrons. The number of rotatable bonds is 3. The molecule has 0 fully saturated rings. The third-order valence-corrected chi connectivity index (χ3v) is 3.98. The van der Waals surface area contributed by atoms with Crippen LogP contribution in [0.1, 0.15) is 21.5 Å². The van der Waals surface area contributed by atoms with Gasteiger partial charge in [-0.25, -0.2) is 9.18 Å². The fourth-order valence-electron chi connectivity index (χ4n) is 2.60. The Morgan fingerprint density at radius 2 is 1.67 bits per heavy atom. The number of methoxy groups -OCH3 is 1. The van der Waals surface area contributed by atoms with Gasteiger partial charge in [-0.15, -0.1) is 0 Å². The minimum Gasteiger partial charge on any atom is -0.465 e. The fraction of sp³-hybridized carbons (Fsp3) is 0.0417. The highest BCUT2D eigenvalue weighted by molar-refractivity contribution is 5.89. The zero-order valence-corrected chi connectivity index (χ0v) is 14.8. The van der Waals surface area contributed by atoms with Crippen LogP contribution >= 0.6 is 0 Å². The number of carbonyl (C=O) groups excluding carboxylic acids is 1. The number of hydrogen-bond donors (Lipinski definition) is 0. The molecule has 0 aliphatic rings. The van der Waals surface area contributed by atoms with E-state index in [9.17, 15) is 9.18 Å². The van der Waals surface area contributed by atoms with Gasteiger partial charge in [0.15, 0.2) is 0 Å². The maximum atomic E-state index is 13.1. The Balaban J connectivity index is 1.77. The van der Waals surface area contributed by atoms with Crippen molar-refractivity contribution in [2.75, 3.05) is 7.11 Å². The predicted molar refractivity (Wildman–Crippen MR) is 106 cm³/mol. The largest absolute Gasteiger partial charge is 0.465 e. The number of hydrogen-bond acceptors (Lipinski definition) is 2. The Labute approximate surface area is 157 Å². The highest BCUT2D eigenvalue weighted by Crippen LogP contribution is 2.24. The van der Waals surface area contributed by atoms with Gasteiger partial charge < -0.3 is 4.74 Å². The van der Waals surface area contributed by atoms with E-state index in [1.165, 1.54) is 19.2 Å². The summed E-state index contributed by atoms with van der Waals surface area (Å²) in [5, 5.41) is 0. The van der Waals surface area contributed by atoms with E-state index in [1.807, 2.05) is 30.3 Å². The number of carbonyl (C=O) groups is 1. The zero-order valence-electron chi connectivity index (χ0n) is 14.8. The van der Waals surface area contributed by atoms with Gasteiger partial charge in [0, 0.05) is 5.56 Å². The van der Waals surface area contributed by atoms with Crippen LogP contribution in [0.2, 0.25) is 0 Å². The lowest BCUT2D eigenvalue weighted by Gasteiger charge is -2.05. The summed E-state index contributed by atoms with van der Waals surface area (Å²) >= 11 is 0. The van der Waals surface area contributed by atoms with Gasteiger partial charge in [-0.3, -0.25) is 0 Å². The highest BCUT2D eigenvalue weighted by Gasteiger charge is 2.03. The van der Waals surface area contributed by atoms with Crippen LogP contribution in [0, 0.1) is 17.7 Å². The number of esters is 1. The SMILES string of the molecule is COC(=O)c1ccc(C#C/C=C/c2ccccc2-c2ccc(F)cc2)cc1. The van der Waals surface area contributed by atoms with E-state index >= 15 is 0 Å². The summed E-state index contributed by atoms with van der Waals surface area (Å²) in [5.74, 6) is 5.40. The van der Waals surface area contributed by atoms with Gasteiger partial charge in [0.05, 0.1) is 12.7 Å². The number of allylic oxidation sites excluding steroid dienone is 1. The second-order valence-corrected chi connectivity index (χ2v) is 5.77. The van der Waals surface area contributed by atoms with Crippen LogP contribution in [0.15, 0.2) is 78.9 Å². The van der Waals surface area contributed by atoms with Crippen LogP contribution in [0.5, 0.6) is 0 Å². The quantitative estimate of drug-likeness (QED) is 0.467. The molecule has 3 heteroatoms. The van der Waals surface area contributed by atoms with Crippen LogP contribution in [0.3, 0.4) is 0 Å². The summed E-state index contributed by atoms with van der Waals surface area (Å²) in [6.45, 7) is 0. The van der Waals surface area contributed by atoms with Crippen molar-refractivity contribution < 1.29 is 13.9 Å². The summed E-state index contributed by atoms with van der Waals surface area (Å²) in [6, 6.07) is 21.2. The van der Waals surface area contributed by atoms with Gasteiger partial charge in [-0.1, -0.05) is 48.2 Å². The van der Waals surface area contributed by atoms with Crippen molar-refractivity contribution in [2.24, 2.45) is 0 Å².